The Morgan fingerprint density at radius 3 is 2.94 bits per heavy atom. The van der Waals surface area contributed by atoms with Crippen molar-refractivity contribution in [3.05, 3.63) is 24.3 Å². The second kappa shape index (κ2) is 4.75. The lowest BCUT2D eigenvalue weighted by molar-refractivity contribution is -0.114. The molecule has 7 heteroatoms. The van der Waals surface area contributed by atoms with Crippen LogP contribution in [0.1, 0.15) is 6.92 Å². The van der Waals surface area contributed by atoms with Crippen molar-refractivity contribution < 1.29 is 4.79 Å². The van der Waals surface area contributed by atoms with Crippen LogP contribution in [0.2, 0.25) is 0 Å². The van der Waals surface area contributed by atoms with Gasteiger partial charge in [0, 0.05) is 11.8 Å². The number of aromatic nitrogens is 4. The molecular weight excluding hydrogens is 226 g/mol. The Bertz CT molecular complexity index is 484. The van der Waals surface area contributed by atoms with E-state index in [0.29, 0.717) is 5.16 Å². The first-order valence-corrected chi connectivity index (χ1v) is 5.35. The van der Waals surface area contributed by atoms with Crippen LogP contribution in [-0.4, -0.2) is 26.5 Å². The van der Waals surface area contributed by atoms with Gasteiger partial charge in [0.25, 0.3) is 0 Å². The molecule has 16 heavy (non-hydrogen) atoms. The number of hydrogen-bond acceptors (Lipinski definition) is 5. The summed E-state index contributed by atoms with van der Waals surface area (Å²) < 4.78 is 0. The van der Waals surface area contributed by atoms with Gasteiger partial charge in [-0.05, 0) is 29.1 Å². The first kappa shape index (κ1) is 10.6. The number of amides is 1. The van der Waals surface area contributed by atoms with E-state index in [9.17, 15) is 4.79 Å². The van der Waals surface area contributed by atoms with Crippen molar-refractivity contribution >= 4 is 23.4 Å². The molecule has 0 atom stereocenters. The Morgan fingerprint density at radius 1 is 1.44 bits per heavy atom. The van der Waals surface area contributed by atoms with Gasteiger partial charge in [0.1, 0.15) is 0 Å². The number of nitrogens with zero attached hydrogens (tertiary/aromatic N) is 3. The van der Waals surface area contributed by atoms with Gasteiger partial charge in [-0.25, -0.2) is 0 Å². The number of anilines is 1. The Labute approximate surface area is 95.8 Å². The van der Waals surface area contributed by atoms with Crippen LogP contribution >= 0.6 is 11.8 Å². The van der Waals surface area contributed by atoms with Gasteiger partial charge in [-0.3, -0.25) is 4.79 Å². The van der Waals surface area contributed by atoms with E-state index in [2.05, 4.69) is 25.9 Å². The van der Waals surface area contributed by atoms with Crippen LogP contribution in [0.5, 0.6) is 0 Å². The third kappa shape index (κ3) is 2.57. The van der Waals surface area contributed by atoms with Gasteiger partial charge in [0.2, 0.25) is 11.1 Å². The summed E-state index contributed by atoms with van der Waals surface area (Å²) in [7, 11) is 0. The average molecular weight is 235 g/mol. The number of H-pyrrole nitrogens is 1. The molecule has 0 unspecified atom stereocenters. The molecule has 82 valence electrons. The highest BCUT2D eigenvalue weighted by Gasteiger charge is 2.07. The summed E-state index contributed by atoms with van der Waals surface area (Å²) in [5.74, 6) is -0.110. The van der Waals surface area contributed by atoms with Crippen LogP contribution in [-0.2, 0) is 4.79 Å². The van der Waals surface area contributed by atoms with Crippen LogP contribution in [0.4, 0.5) is 5.69 Å². The quantitative estimate of drug-likeness (QED) is 0.838. The first-order valence-electron chi connectivity index (χ1n) is 4.53. The predicted molar refractivity (Wildman–Crippen MR) is 59.0 cm³/mol. The van der Waals surface area contributed by atoms with Gasteiger partial charge >= 0.3 is 0 Å². The molecule has 2 N–H and O–H groups in total. The molecule has 1 amide bonds. The highest BCUT2D eigenvalue weighted by molar-refractivity contribution is 7.99. The van der Waals surface area contributed by atoms with Crippen molar-refractivity contribution in [3.63, 3.8) is 0 Å². The normalized spacial score (nSPS) is 10.1. The predicted octanol–water partition coefficient (Wildman–Crippen LogP) is 1.31. The lowest BCUT2D eigenvalue weighted by Crippen LogP contribution is -2.06. The van der Waals surface area contributed by atoms with Crippen molar-refractivity contribution in [3.8, 4) is 0 Å². The largest absolute Gasteiger partial charge is 0.325 e. The topological polar surface area (TPSA) is 83.6 Å². The van der Waals surface area contributed by atoms with Crippen molar-refractivity contribution in [2.45, 2.75) is 17.0 Å². The molecule has 1 aromatic carbocycles. The van der Waals surface area contributed by atoms with Crippen molar-refractivity contribution in [2.24, 2.45) is 0 Å². The Balaban J connectivity index is 2.22. The van der Waals surface area contributed by atoms with Crippen LogP contribution < -0.4 is 5.32 Å². The second-order valence-corrected chi connectivity index (χ2v) is 3.98. The van der Waals surface area contributed by atoms with Crippen molar-refractivity contribution in [1.82, 2.24) is 20.6 Å². The van der Waals surface area contributed by atoms with E-state index in [-0.39, 0.29) is 5.91 Å². The minimum atomic E-state index is -0.110. The van der Waals surface area contributed by atoms with Crippen LogP contribution in [0, 0.1) is 0 Å². The van der Waals surface area contributed by atoms with E-state index in [0.717, 1.165) is 10.6 Å². The zero-order valence-corrected chi connectivity index (χ0v) is 9.28. The fourth-order valence-electron chi connectivity index (χ4n) is 1.14. The van der Waals surface area contributed by atoms with Gasteiger partial charge < -0.3 is 5.32 Å². The number of carbonyl (C=O) groups is 1. The molecular formula is C9H9N5OS. The zero-order chi connectivity index (χ0) is 11.4. The molecule has 2 aromatic rings. The summed E-state index contributed by atoms with van der Waals surface area (Å²) in [4.78, 5) is 11.9. The minimum Gasteiger partial charge on any atom is -0.325 e. The smallest absolute Gasteiger partial charge is 0.235 e. The summed E-state index contributed by atoms with van der Waals surface area (Å²) in [6.07, 6.45) is 0. The maximum atomic E-state index is 11.0. The highest BCUT2D eigenvalue weighted by atomic mass is 32.2. The summed E-state index contributed by atoms with van der Waals surface area (Å²) in [5.41, 5.74) is 0.741. The van der Waals surface area contributed by atoms with E-state index in [1.54, 1.807) is 0 Å². The second-order valence-electron chi connectivity index (χ2n) is 2.97. The molecule has 0 fully saturated rings. The summed E-state index contributed by atoms with van der Waals surface area (Å²) >= 11 is 1.33. The molecule has 0 radical (unpaired) electrons. The number of tetrazole rings is 1. The highest BCUT2D eigenvalue weighted by Crippen LogP contribution is 2.30. The van der Waals surface area contributed by atoms with Crippen molar-refractivity contribution in [1.29, 1.82) is 0 Å². The van der Waals surface area contributed by atoms with Gasteiger partial charge in [-0.1, -0.05) is 12.1 Å². The van der Waals surface area contributed by atoms with E-state index in [1.807, 2.05) is 24.3 Å². The fraction of sp³-hybridized carbons (Fsp3) is 0.111. The summed E-state index contributed by atoms with van der Waals surface area (Å²) in [5, 5.41) is 16.8. The van der Waals surface area contributed by atoms with Gasteiger partial charge in [-0.2, -0.15) is 5.21 Å². The zero-order valence-electron chi connectivity index (χ0n) is 8.47. The molecule has 1 aromatic heterocycles. The Kier molecular flexibility index (Phi) is 3.16. The Hall–Kier alpha value is -1.89. The van der Waals surface area contributed by atoms with Crippen LogP contribution in [0.15, 0.2) is 34.3 Å². The average Bonchev–Trinajstić information content (AvgIpc) is 2.73. The molecule has 0 spiro atoms. The molecule has 0 saturated carbocycles. The van der Waals surface area contributed by atoms with E-state index >= 15 is 0 Å². The fourth-order valence-corrected chi connectivity index (χ4v) is 1.88. The lowest BCUT2D eigenvalue weighted by Gasteiger charge is -2.06. The monoisotopic (exact) mass is 235 g/mol. The SMILES string of the molecule is CC(=O)Nc1ccccc1Sc1nn[nH]n1. The Morgan fingerprint density at radius 2 is 2.25 bits per heavy atom. The molecule has 0 aliphatic rings. The van der Waals surface area contributed by atoms with Crippen LogP contribution in [0.25, 0.3) is 0 Å². The maximum Gasteiger partial charge on any atom is 0.235 e. The molecule has 2 rings (SSSR count). The molecule has 0 saturated heterocycles. The molecule has 6 nitrogen and oxygen atoms in total. The number of nitrogens with one attached hydrogen (secondary N) is 2. The summed E-state index contributed by atoms with van der Waals surface area (Å²) in [6, 6.07) is 7.44. The van der Waals surface area contributed by atoms with Gasteiger partial charge in [-0.15, -0.1) is 10.2 Å². The minimum absolute atomic E-state index is 0.110. The number of hydrogen-bond donors (Lipinski definition) is 2. The molecule has 0 aliphatic carbocycles. The van der Waals surface area contributed by atoms with Crippen molar-refractivity contribution in [2.75, 3.05) is 5.32 Å². The molecule has 0 aliphatic heterocycles. The first-order chi connectivity index (χ1) is 7.75. The number of benzene rings is 1. The van der Waals surface area contributed by atoms with E-state index < -0.39 is 0 Å². The van der Waals surface area contributed by atoms with E-state index in [1.165, 1.54) is 18.7 Å². The number of para-hydroxylation sites is 1. The van der Waals surface area contributed by atoms with Gasteiger partial charge in [0.15, 0.2) is 0 Å². The molecule has 1 heterocycles. The third-order valence-corrected chi connectivity index (χ3v) is 2.66. The lowest BCUT2D eigenvalue weighted by atomic mass is 10.3. The number of carbonyl (C=O) groups excluding carboxylic acids is 1. The van der Waals surface area contributed by atoms with E-state index in [4.69, 9.17) is 0 Å². The standard InChI is InChI=1S/C9H9N5OS/c1-6(15)10-7-4-2-3-5-8(7)16-9-11-13-14-12-9/h2-5H,1H3,(H,10,15)(H,11,12,13,14). The number of aromatic amines is 1. The maximum absolute atomic E-state index is 11.0. The summed E-state index contributed by atoms with van der Waals surface area (Å²) in [6.45, 7) is 1.47. The van der Waals surface area contributed by atoms with Gasteiger partial charge in [0.05, 0.1) is 5.69 Å². The third-order valence-electron chi connectivity index (χ3n) is 1.72. The molecule has 0 bridgehead atoms. The number of rotatable bonds is 3. The van der Waals surface area contributed by atoms with Crippen LogP contribution in [0.3, 0.4) is 0 Å².